The monoisotopic (exact) mass is 483 g/mol. The van der Waals surface area contributed by atoms with E-state index in [1.54, 1.807) is 0 Å². The number of esters is 1. The zero-order chi connectivity index (χ0) is 25.2. The second-order valence-electron chi connectivity index (χ2n) is 9.26. The van der Waals surface area contributed by atoms with E-state index >= 15 is 0 Å². The molecule has 5 heteroatoms. The first-order chi connectivity index (χ1) is 17.6. The van der Waals surface area contributed by atoms with Gasteiger partial charge in [-0.05, 0) is 42.4 Å². The lowest BCUT2D eigenvalue weighted by Gasteiger charge is -2.42. The Labute approximate surface area is 213 Å². The Kier molecular flexibility index (Phi) is 8.56. The second-order valence-corrected chi connectivity index (χ2v) is 9.26. The van der Waals surface area contributed by atoms with Crippen LogP contribution in [0.4, 0.5) is 4.79 Å². The van der Waals surface area contributed by atoms with Crippen LogP contribution in [0.2, 0.25) is 0 Å². The SMILES string of the molecule is COC(=O)/C=C/C1(c2ccccc2)CCC(N(Cc2ccccc2)C(=O)OCc2ccccc2)CC1. The van der Waals surface area contributed by atoms with Crippen molar-refractivity contribution in [2.45, 2.75) is 50.3 Å². The van der Waals surface area contributed by atoms with Crippen molar-refractivity contribution in [2.24, 2.45) is 0 Å². The highest BCUT2D eigenvalue weighted by Crippen LogP contribution is 2.42. The summed E-state index contributed by atoms with van der Waals surface area (Å²) >= 11 is 0. The summed E-state index contributed by atoms with van der Waals surface area (Å²) in [4.78, 5) is 27.1. The minimum atomic E-state index is -0.359. The van der Waals surface area contributed by atoms with E-state index in [-0.39, 0.29) is 30.1 Å². The predicted octanol–water partition coefficient (Wildman–Crippen LogP) is 6.44. The van der Waals surface area contributed by atoms with Crippen LogP contribution in [0.15, 0.2) is 103 Å². The van der Waals surface area contributed by atoms with Gasteiger partial charge >= 0.3 is 12.1 Å². The van der Waals surface area contributed by atoms with Gasteiger partial charge in [-0.1, -0.05) is 97.1 Å². The normalized spacial score (nSPS) is 19.5. The maximum Gasteiger partial charge on any atom is 0.410 e. The molecule has 3 aromatic carbocycles. The van der Waals surface area contributed by atoms with E-state index < -0.39 is 0 Å². The summed E-state index contributed by atoms with van der Waals surface area (Å²) in [6.45, 7) is 0.739. The van der Waals surface area contributed by atoms with Crippen LogP contribution in [0, 0.1) is 0 Å². The molecule has 1 aliphatic carbocycles. The van der Waals surface area contributed by atoms with Crippen LogP contribution < -0.4 is 0 Å². The summed E-state index contributed by atoms with van der Waals surface area (Å²) in [5, 5.41) is 0. The molecule has 1 saturated carbocycles. The third-order valence-electron chi connectivity index (χ3n) is 7.01. The van der Waals surface area contributed by atoms with Gasteiger partial charge in [0.05, 0.1) is 7.11 Å². The number of carbonyl (C=O) groups excluding carboxylic acids is 2. The van der Waals surface area contributed by atoms with Crippen LogP contribution in [0.1, 0.15) is 42.4 Å². The molecule has 1 aliphatic rings. The first kappa shape index (κ1) is 25.2. The number of rotatable bonds is 8. The maximum atomic E-state index is 13.3. The Balaban J connectivity index is 1.52. The minimum Gasteiger partial charge on any atom is -0.466 e. The molecule has 0 N–H and O–H groups in total. The van der Waals surface area contributed by atoms with Crippen LogP contribution >= 0.6 is 0 Å². The summed E-state index contributed by atoms with van der Waals surface area (Å²) in [5.74, 6) is -0.359. The standard InChI is InChI=1S/C31H33NO4/c1-35-29(33)19-22-31(27-15-9-4-10-16-27)20-17-28(18-21-31)32(23-25-11-5-2-6-12-25)30(34)36-24-26-13-7-3-8-14-26/h2-16,19,22,28H,17-18,20-21,23-24H2,1H3/b22-19+. The van der Waals surface area contributed by atoms with Gasteiger partial charge in [-0.3, -0.25) is 0 Å². The van der Waals surface area contributed by atoms with Crippen molar-refractivity contribution >= 4 is 12.1 Å². The molecule has 4 rings (SSSR count). The number of amides is 1. The number of allylic oxidation sites excluding steroid dienone is 1. The molecule has 0 radical (unpaired) electrons. The molecule has 3 aromatic rings. The molecule has 186 valence electrons. The molecule has 0 heterocycles. The van der Waals surface area contributed by atoms with Gasteiger partial charge in [-0.25, -0.2) is 9.59 Å². The van der Waals surface area contributed by atoms with Crippen LogP contribution in [-0.2, 0) is 32.8 Å². The van der Waals surface area contributed by atoms with Gasteiger partial charge in [0, 0.05) is 24.1 Å². The number of nitrogens with zero attached hydrogens (tertiary/aromatic N) is 1. The lowest BCUT2D eigenvalue weighted by molar-refractivity contribution is -0.134. The lowest BCUT2D eigenvalue weighted by atomic mass is 9.67. The molecule has 0 aromatic heterocycles. The molecular weight excluding hydrogens is 450 g/mol. The number of methoxy groups -OCH3 is 1. The van der Waals surface area contributed by atoms with Gasteiger partial charge in [-0.15, -0.1) is 0 Å². The molecule has 0 saturated heterocycles. The molecule has 1 amide bonds. The molecular formula is C31H33NO4. The fourth-order valence-corrected chi connectivity index (χ4v) is 4.97. The van der Waals surface area contributed by atoms with E-state index in [1.165, 1.54) is 18.7 Å². The largest absolute Gasteiger partial charge is 0.466 e. The predicted molar refractivity (Wildman–Crippen MR) is 140 cm³/mol. The summed E-state index contributed by atoms with van der Waals surface area (Å²) in [6.07, 6.45) is 6.44. The molecule has 0 atom stereocenters. The van der Waals surface area contributed by atoms with Gasteiger partial charge in [0.1, 0.15) is 6.61 Å². The van der Waals surface area contributed by atoms with Gasteiger partial charge in [0.15, 0.2) is 0 Å². The van der Waals surface area contributed by atoms with E-state index in [0.29, 0.717) is 6.54 Å². The second kappa shape index (κ2) is 12.2. The average Bonchev–Trinajstić information content (AvgIpc) is 2.95. The fraction of sp³-hybridized carbons (Fsp3) is 0.290. The third-order valence-corrected chi connectivity index (χ3v) is 7.01. The van der Waals surface area contributed by atoms with Crippen molar-refractivity contribution in [1.82, 2.24) is 4.90 Å². The molecule has 0 aliphatic heterocycles. The van der Waals surface area contributed by atoms with E-state index in [9.17, 15) is 9.59 Å². The van der Waals surface area contributed by atoms with Crippen molar-refractivity contribution in [3.63, 3.8) is 0 Å². The topological polar surface area (TPSA) is 55.8 Å². The smallest absolute Gasteiger partial charge is 0.410 e. The lowest BCUT2D eigenvalue weighted by Crippen LogP contribution is -2.44. The Morgan fingerprint density at radius 1 is 0.861 bits per heavy atom. The zero-order valence-corrected chi connectivity index (χ0v) is 20.7. The molecule has 0 bridgehead atoms. The van der Waals surface area contributed by atoms with Gasteiger partial charge in [0.25, 0.3) is 0 Å². The van der Waals surface area contributed by atoms with Crippen molar-refractivity contribution in [2.75, 3.05) is 7.11 Å². The van der Waals surface area contributed by atoms with Crippen LogP contribution in [0.25, 0.3) is 0 Å². The highest BCUT2D eigenvalue weighted by atomic mass is 16.6. The average molecular weight is 484 g/mol. The minimum absolute atomic E-state index is 0.0387. The summed E-state index contributed by atoms with van der Waals surface area (Å²) < 4.78 is 10.6. The number of hydrogen-bond acceptors (Lipinski definition) is 4. The van der Waals surface area contributed by atoms with Gasteiger partial charge in [-0.2, -0.15) is 0 Å². The van der Waals surface area contributed by atoms with Crippen LogP contribution in [0.5, 0.6) is 0 Å². The number of hydrogen-bond donors (Lipinski definition) is 0. The van der Waals surface area contributed by atoms with E-state index in [0.717, 1.165) is 36.8 Å². The summed E-state index contributed by atoms with van der Waals surface area (Å²) in [5.41, 5.74) is 2.92. The first-order valence-corrected chi connectivity index (χ1v) is 12.4. The van der Waals surface area contributed by atoms with Crippen molar-refractivity contribution in [1.29, 1.82) is 0 Å². The first-order valence-electron chi connectivity index (χ1n) is 12.4. The maximum absolute atomic E-state index is 13.3. The molecule has 0 unspecified atom stereocenters. The summed E-state index contributed by atoms with van der Waals surface area (Å²) in [6, 6.07) is 30.1. The van der Waals surface area contributed by atoms with Crippen molar-refractivity contribution in [3.05, 3.63) is 120 Å². The number of benzene rings is 3. The Morgan fingerprint density at radius 3 is 2.00 bits per heavy atom. The fourth-order valence-electron chi connectivity index (χ4n) is 4.97. The Hall–Kier alpha value is -3.86. The highest BCUT2D eigenvalue weighted by Gasteiger charge is 2.38. The molecule has 5 nitrogen and oxygen atoms in total. The van der Waals surface area contributed by atoms with Crippen LogP contribution in [0.3, 0.4) is 0 Å². The molecule has 36 heavy (non-hydrogen) atoms. The zero-order valence-electron chi connectivity index (χ0n) is 20.7. The van der Waals surface area contributed by atoms with E-state index in [4.69, 9.17) is 9.47 Å². The molecule has 1 fully saturated rings. The van der Waals surface area contributed by atoms with Crippen LogP contribution in [-0.4, -0.2) is 30.1 Å². The summed E-state index contributed by atoms with van der Waals surface area (Å²) in [7, 11) is 1.39. The third kappa shape index (κ3) is 6.42. The van der Waals surface area contributed by atoms with Crippen molar-refractivity contribution in [3.8, 4) is 0 Å². The highest BCUT2D eigenvalue weighted by molar-refractivity contribution is 5.82. The Bertz CT molecular complexity index is 1140. The van der Waals surface area contributed by atoms with E-state index in [1.807, 2.05) is 89.8 Å². The molecule has 0 spiro atoms. The van der Waals surface area contributed by atoms with Crippen molar-refractivity contribution < 1.29 is 19.1 Å². The quantitative estimate of drug-likeness (QED) is 0.273. The number of carbonyl (C=O) groups is 2. The van der Waals surface area contributed by atoms with E-state index in [2.05, 4.69) is 12.1 Å². The Morgan fingerprint density at radius 2 is 1.42 bits per heavy atom. The number of ether oxygens (including phenoxy) is 2. The van der Waals surface area contributed by atoms with Gasteiger partial charge in [0.2, 0.25) is 0 Å². The van der Waals surface area contributed by atoms with Gasteiger partial charge < -0.3 is 14.4 Å².